The van der Waals surface area contributed by atoms with Crippen LogP contribution in [-0.2, 0) is 12.0 Å². The maximum absolute atomic E-state index is 5.47. The first-order valence-electron chi connectivity index (χ1n) is 8.97. The van der Waals surface area contributed by atoms with Crippen LogP contribution in [0.1, 0.15) is 37.6 Å². The van der Waals surface area contributed by atoms with E-state index in [-0.39, 0.29) is 17.8 Å². The summed E-state index contributed by atoms with van der Waals surface area (Å²) in [5.74, 6) is 1.52. The third-order valence-electron chi connectivity index (χ3n) is 4.98. The molecule has 2 aromatic carbocycles. The lowest BCUT2D eigenvalue weighted by molar-refractivity contribution is -0.692. The molecule has 3 rings (SSSR count). The number of hydrogen-bond donors (Lipinski definition) is 0. The van der Waals surface area contributed by atoms with Gasteiger partial charge in [-0.1, -0.05) is 45.0 Å². The summed E-state index contributed by atoms with van der Waals surface area (Å²) in [6.45, 7) is 9.72. The van der Waals surface area contributed by atoms with E-state index in [1.807, 2.05) is 6.07 Å². The molecule has 1 aromatic heterocycles. The zero-order valence-corrected chi connectivity index (χ0v) is 17.7. The number of aryl methyl sites for hydroxylation is 1. The molecule has 3 aromatic rings. The number of methoxy groups -OCH3 is 2. The van der Waals surface area contributed by atoms with E-state index in [1.54, 1.807) is 14.2 Å². The van der Waals surface area contributed by atoms with Gasteiger partial charge in [-0.15, -0.1) is 0 Å². The molecule has 3 nitrogen and oxygen atoms in total. The van der Waals surface area contributed by atoms with Crippen LogP contribution in [0.25, 0.3) is 10.8 Å². The van der Waals surface area contributed by atoms with Gasteiger partial charge >= 0.3 is 0 Å². The molecule has 144 valence electrons. The topological polar surface area (TPSA) is 22.3 Å². The number of aromatic nitrogens is 1. The van der Waals surface area contributed by atoms with Crippen LogP contribution in [-0.4, -0.2) is 14.2 Å². The van der Waals surface area contributed by atoms with E-state index in [0.29, 0.717) is 0 Å². The minimum Gasteiger partial charge on any atom is -1.00 e. The zero-order valence-electron chi connectivity index (χ0n) is 17.0. The lowest BCUT2D eigenvalue weighted by Gasteiger charge is -2.18. The van der Waals surface area contributed by atoms with E-state index in [1.165, 1.54) is 22.2 Å². The molecule has 0 spiro atoms. The van der Waals surface area contributed by atoms with Gasteiger partial charge in [0.25, 0.3) is 0 Å². The number of benzene rings is 2. The molecule has 0 aliphatic carbocycles. The lowest BCUT2D eigenvalue weighted by Crippen LogP contribution is -3.00. The van der Waals surface area contributed by atoms with E-state index in [9.17, 15) is 0 Å². The van der Waals surface area contributed by atoms with E-state index < -0.39 is 0 Å². The highest BCUT2D eigenvalue weighted by Gasteiger charge is 2.16. The van der Waals surface area contributed by atoms with Crippen LogP contribution in [0.3, 0.4) is 0 Å². The predicted octanol–water partition coefficient (Wildman–Crippen LogP) is 1.80. The SMILES string of the molecule is COc1cc2cc[n+](Cc3ccc(C(C)(C)C)cc3)c(C)c2cc1OC.[Cl-]. The summed E-state index contributed by atoms with van der Waals surface area (Å²) >= 11 is 0. The molecular formula is C23H28ClNO2. The van der Waals surface area contributed by atoms with Crippen molar-refractivity contribution in [3.63, 3.8) is 0 Å². The Morgan fingerprint density at radius 2 is 1.48 bits per heavy atom. The van der Waals surface area contributed by atoms with Gasteiger partial charge in [0.15, 0.2) is 29.9 Å². The summed E-state index contributed by atoms with van der Waals surface area (Å²) in [5.41, 5.74) is 4.05. The first-order chi connectivity index (χ1) is 12.3. The quantitative estimate of drug-likeness (QED) is 0.639. The van der Waals surface area contributed by atoms with Gasteiger partial charge < -0.3 is 21.9 Å². The highest BCUT2D eigenvalue weighted by molar-refractivity contribution is 5.86. The minimum absolute atomic E-state index is 0. The average Bonchev–Trinajstić information content (AvgIpc) is 2.63. The van der Waals surface area contributed by atoms with Crippen molar-refractivity contribution < 1.29 is 26.4 Å². The summed E-state index contributed by atoms with van der Waals surface area (Å²) < 4.78 is 13.2. The van der Waals surface area contributed by atoms with Crippen molar-refractivity contribution in [2.45, 2.75) is 39.7 Å². The summed E-state index contributed by atoms with van der Waals surface area (Å²) in [5, 5.41) is 2.33. The Hall–Kier alpha value is -2.26. The van der Waals surface area contributed by atoms with Crippen molar-refractivity contribution in [3.05, 3.63) is 65.5 Å². The van der Waals surface area contributed by atoms with E-state index in [4.69, 9.17) is 9.47 Å². The minimum atomic E-state index is 0. The van der Waals surface area contributed by atoms with E-state index in [0.717, 1.165) is 23.4 Å². The number of ether oxygens (including phenoxy) is 2. The third kappa shape index (κ3) is 4.36. The Bertz CT molecular complexity index is 928. The summed E-state index contributed by atoms with van der Waals surface area (Å²) in [6.07, 6.45) is 2.14. The van der Waals surface area contributed by atoms with Gasteiger partial charge in [-0.25, -0.2) is 0 Å². The summed E-state index contributed by atoms with van der Waals surface area (Å²) in [7, 11) is 3.34. The largest absolute Gasteiger partial charge is 1.00 e. The van der Waals surface area contributed by atoms with Crippen LogP contribution in [0.15, 0.2) is 48.7 Å². The molecular weight excluding hydrogens is 358 g/mol. The van der Waals surface area contributed by atoms with Gasteiger partial charge in [0.1, 0.15) is 0 Å². The molecule has 0 amide bonds. The Morgan fingerprint density at radius 1 is 0.889 bits per heavy atom. The van der Waals surface area contributed by atoms with Crippen LogP contribution in [0.5, 0.6) is 11.5 Å². The van der Waals surface area contributed by atoms with Crippen molar-refractivity contribution >= 4 is 10.8 Å². The van der Waals surface area contributed by atoms with Crippen molar-refractivity contribution in [2.24, 2.45) is 0 Å². The molecule has 0 saturated carbocycles. The van der Waals surface area contributed by atoms with Crippen LogP contribution >= 0.6 is 0 Å². The van der Waals surface area contributed by atoms with Gasteiger partial charge in [-0.05, 0) is 28.5 Å². The number of fused-ring (bicyclic) bond motifs is 1. The Kier molecular flexibility index (Phi) is 6.38. The highest BCUT2D eigenvalue weighted by Crippen LogP contribution is 2.32. The van der Waals surface area contributed by atoms with Crippen molar-refractivity contribution in [3.8, 4) is 11.5 Å². The Morgan fingerprint density at radius 3 is 2.04 bits per heavy atom. The number of nitrogens with zero attached hydrogens (tertiary/aromatic N) is 1. The van der Waals surface area contributed by atoms with Crippen LogP contribution < -0.4 is 26.4 Å². The molecule has 0 N–H and O–H groups in total. The maximum atomic E-state index is 5.47. The first-order valence-corrected chi connectivity index (χ1v) is 8.97. The Labute approximate surface area is 168 Å². The predicted molar refractivity (Wildman–Crippen MR) is 106 cm³/mol. The number of rotatable bonds is 4. The monoisotopic (exact) mass is 385 g/mol. The fraction of sp³-hybridized carbons (Fsp3) is 0.348. The highest BCUT2D eigenvalue weighted by atomic mass is 35.5. The van der Waals surface area contributed by atoms with Crippen LogP contribution in [0.4, 0.5) is 0 Å². The molecule has 0 aliphatic heterocycles. The van der Waals surface area contributed by atoms with Gasteiger partial charge in [-0.2, -0.15) is 4.57 Å². The van der Waals surface area contributed by atoms with Crippen molar-refractivity contribution in [2.75, 3.05) is 14.2 Å². The van der Waals surface area contributed by atoms with Crippen LogP contribution in [0, 0.1) is 6.92 Å². The maximum Gasteiger partial charge on any atom is 0.186 e. The number of pyridine rings is 1. The van der Waals surface area contributed by atoms with E-state index >= 15 is 0 Å². The van der Waals surface area contributed by atoms with Gasteiger partial charge in [0, 0.05) is 18.6 Å². The lowest BCUT2D eigenvalue weighted by atomic mass is 9.87. The van der Waals surface area contributed by atoms with E-state index in [2.05, 4.69) is 74.9 Å². The average molecular weight is 386 g/mol. The molecule has 0 radical (unpaired) electrons. The second-order valence-electron chi connectivity index (χ2n) is 7.77. The summed E-state index contributed by atoms with van der Waals surface area (Å²) in [4.78, 5) is 0. The zero-order chi connectivity index (χ0) is 18.9. The molecule has 0 saturated heterocycles. The smallest absolute Gasteiger partial charge is 0.186 e. The normalized spacial score (nSPS) is 11.2. The number of hydrogen-bond acceptors (Lipinski definition) is 2. The first kappa shape index (κ1) is 21.0. The van der Waals surface area contributed by atoms with Gasteiger partial charge in [-0.3, -0.25) is 0 Å². The molecule has 1 heterocycles. The summed E-state index contributed by atoms with van der Waals surface area (Å²) in [6, 6.07) is 15.2. The second-order valence-corrected chi connectivity index (χ2v) is 7.77. The van der Waals surface area contributed by atoms with Gasteiger partial charge in [0.2, 0.25) is 0 Å². The molecule has 0 atom stereocenters. The molecule has 0 bridgehead atoms. The van der Waals surface area contributed by atoms with Crippen LogP contribution in [0.2, 0.25) is 0 Å². The molecule has 0 unspecified atom stereocenters. The molecule has 0 aliphatic rings. The molecule has 27 heavy (non-hydrogen) atoms. The molecule has 4 heteroatoms. The van der Waals surface area contributed by atoms with Crippen molar-refractivity contribution in [1.29, 1.82) is 0 Å². The second kappa shape index (κ2) is 8.18. The fourth-order valence-corrected chi connectivity index (χ4v) is 3.26. The molecule has 0 fully saturated rings. The Balaban J connectivity index is 0.00000261. The fourth-order valence-electron chi connectivity index (χ4n) is 3.26. The standard InChI is InChI=1S/C23H28NO2.ClH/c1-16-20-14-22(26-6)21(25-5)13-18(20)11-12-24(16)15-17-7-9-19(10-8-17)23(2,3)4;/h7-14H,15H2,1-6H3;1H/q+1;/p-1. The van der Waals surface area contributed by atoms with Gasteiger partial charge in [0.05, 0.1) is 19.6 Å². The third-order valence-corrected chi connectivity index (χ3v) is 4.98. The van der Waals surface area contributed by atoms with Crippen molar-refractivity contribution in [1.82, 2.24) is 0 Å². The number of halogens is 1.